The molecule has 14 heteroatoms. The molecule has 0 radical (unpaired) electrons. The zero-order chi connectivity index (χ0) is 32.7. The molecule has 0 bridgehead atoms. The van der Waals surface area contributed by atoms with Crippen molar-refractivity contribution >= 4 is 27.4 Å². The fourth-order valence-electron chi connectivity index (χ4n) is 5.22. The van der Waals surface area contributed by atoms with Crippen molar-refractivity contribution in [2.75, 3.05) is 18.3 Å². The van der Waals surface area contributed by atoms with Gasteiger partial charge in [0.25, 0.3) is 0 Å². The Bertz CT molecular complexity index is 2020. The van der Waals surface area contributed by atoms with Gasteiger partial charge in [0.15, 0.2) is 9.84 Å². The van der Waals surface area contributed by atoms with Crippen molar-refractivity contribution in [2.24, 2.45) is 0 Å². The molecule has 0 N–H and O–H groups in total. The third kappa shape index (κ3) is 5.99. The fourth-order valence-corrected chi connectivity index (χ4v) is 5.85. The number of hydrogen-bond acceptors (Lipinski definition) is 8. The zero-order valence-electron chi connectivity index (χ0n) is 24.2. The number of halogens is 3. The van der Waals surface area contributed by atoms with Crippen LogP contribution in [-0.4, -0.2) is 42.1 Å². The number of carbonyl (C=O) groups is 1. The number of aryl methyl sites for hydroxylation is 2. The quantitative estimate of drug-likeness (QED) is 0.265. The van der Waals surface area contributed by atoms with E-state index in [0.29, 0.717) is 16.7 Å². The van der Waals surface area contributed by atoms with Crippen LogP contribution in [0.5, 0.6) is 0 Å². The Morgan fingerprint density at radius 3 is 2.31 bits per heavy atom. The Kier molecular flexibility index (Phi) is 8.15. The predicted molar refractivity (Wildman–Crippen MR) is 157 cm³/mol. The van der Waals surface area contributed by atoms with E-state index in [4.69, 9.17) is 4.74 Å². The molecule has 2 heterocycles. The number of carbonyl (C=O) groups excluding carboxylic acids is 1. The van der Waals surface area contributed by atoms with Gasteiger partial charge in [-0.3, -0.25) is 4.90 Å². The van der Waals surface area contributed by atoms with Crippen LogP contribution in [-0.2, 0) is 38.5 Å². The van der Waals surface area contributed by atoms with Crippen molar-refractivity contribution in [3.8, 4) is 6.07 Å². The van der Waals surface area contributed by atoms with Crippen LogP contribution < -0.4 is 10.6 Å². The largest absolute Gasteiger partial charge is 0.466 e. The minimum Gasteiger partial charge on any atom is -0.466 e. The second kappa shape index (κ2) is 11.7. The summed E-state index contributed by atoms with van der Waals surface area (Å²) in [6.07, 6.45) is -3.30. The van der Waals surface area contributed by atoms with Crippen LogP contribution in [0.4, 0.5) is 24.8 Å². The number of allylic oxidation sites excluding steroid dienone is 1. The van der Waals surface area contributed by atoms with Crippen molar-refractivity contribution < 1.29 is 31.1 Å². The number of fused-ring (bicyclic) bond motifs is 1. The van der Waals surface area contributed by atoms with Gasteiger partial charge in [-0.25, -0.2) is 27.3 Å². The summed E-state index contributed by atoms with van der Waals surface area (Å²) in [4.78, 5) is 28.8. The minimum absolute atomic E-state index is 0.00914. The maximum Gasteiger partial charge on any atom is 0.416 e. The Labute approximate surface area is 256 Å². The van der Waals surface area contributed by atoms with Gasteiger partial charge in [-0.15, -0.1) is 5.10 Å². The van der Waals surface area contributed by atoms with E-state index in [1.165, 1.54) is 52.8 Å². The number of anilines is 2. The second-order valence-corrected chi connectivity index (χ2v) is 12.4. The van der Waals surface area contributed by atoms with E-state index in [1.807, 2.05) is 6.07 Å². The summed E-state index contributed by atoms with van der Waals surface area (Å²) in [5, 5.41) is 13.8. The smallest absolute Gasteiger partial charge is 0.416 e. The third-order valence-electron chi connectivity index (χ3n) is 7.47. The molecule has 5 rings (SSSR count). The molecular weight excluding hydrogens is 611 g/mol. The maximum absolute atomic E-state index is 14.0. The molecular formula is C31H26F3N5O5S. The van der Waals surface area contributed by atoms with Gasteiger partial charge >= 0.3 is 17.8 Å². The standard InChI is InChI=1S/C31H26F3N5O5S/c1-19-26(28(40)44-2)27(22-11-7-21(18-35)8-12-22)39-29(38(19)24-6-4-5-23(17-24)31(32,33)34)36-37(30(39)41)16-15-20-9-13-25(14-10-20)45(3,42)43/h4-14,17,27H,15-16H2,1-3H3/t27-/m1/s1. The van der Waals surface area contributed by atoms with Gasteiger partial charge in [-0.2, -0.15) is 18.4 Å². The normalized spacial score (nSPS) is 15.0. The molecule has 45 heavy (non-hydrogen) atoms. The molecule has 0 unspecified atom stereocenters. The number of rotatable bonds is 7. The van der Waals surface area contributed by atoms with Crippen LogP contribution in [0.15, 0.2) is 93.8 Å². The highest BCUT2D eigenvalue weighted by Crippen LogP contribution is 2.43. The molecule has 0 amide bonds. The zero-order valence-corrected chi connectivity index (χ0v) is 25.1. The summed E-state index contributed by atoms with van der Waals surface area (Å²) in [5.74, 6) is -0.846. The van der Waals surface area contributed by atoms with Crippen molar-refractivity contribution in [1.82, 2.24) is 14.3 Å². The van der Waals surface area contributed by atoms with Gasteiger partial charge in [0, 0.05) is 17.6 Å². The Balaban J connectivity index is 1.69. The summed E-state index contributed by atoms with van der Waals surface area (Å²) < 4.78 is 72.3. The summed E-state index contributed by atoms with van der Waals surface area (Å²) in [6, 6.07) is 17.7. The highest BCUT2D eigenvalue weighted by atomic mass is 32.2. The molecule has 232 valence electrons. The van der Waals surface area contributed by atoms with Crippen LogP contribution in [0.25, 0.3) is 0 Å². The number of hydrogen-bond donors (Lipinski definition) is 0. The number of sulfone groups is 1. The molecule has 1 atom stereocenters. The number of nitrogens with zero attached hydrogens (tertiary/aromatic N) is 5. The highest BCUT2D eigenvalue weighted by molar-refractivity contribution is 7.90. The monoisotopic (exact) mass is 637 g/mol. The average molecular weight is 638 g/mol. The van der Waals surface area contributed by atoms with Crippen molar-refractivity contribution in [3.05, 3.63) is 117 Å². The van der Waals surface area contributed by atoms with Gasteiger partial charge < -0.3 is 4.74 Å². The van der Waals surface area contributed by atoms with E-state index in [0.717, 1.165) is 30.2 Å². The van der Waals surface area contributed by atoms with Gasteiger partial charge in [0.2, 0.25) is 5.95 Å². The number of esters is 1. The molecule has 10 nitrogen and oxygen atoms in total. The second-order valence-electron chi connectivity index (χ2n) is 10.4. The number of nitriles is 1. The van der Waals surface area contributed by atoms with Crippen molar-refractivity contribution in [3.63, 3.8) is 0 Å². The van der Waals surface area contributed by atoms with E-state index in [9.17, 15) is 36.4 Å². The van der Waals surface area contributed by atoms with E-state index in [2.05, 4.69) is 5.10 Å². The first-order chi connectivity index (χ1) is 21.2. The Hall–Kier alpha value is -5.16. The first-order valence-electron chi connectivity index (χ1n) is 13.5. The Morgan fingerprint density at radius 1 is 1.07 bits per heavy atom. The summed E-state index contributed by atoms with van der Waals surface area (Å²) in [7, 11) is -2.25. The molecule has 3 aromatic carbocycles. The molecule has 0 aliphatic carbocycles. The molecule has 0 fully saturated rings. The van der Waals surface area contributed by atoms with Crippen LogP contribution in [0.2, 0.25) is 0 Å². The first kappa shape index (κ1) is 31.3. The molecule has 0 saturated carbocycles. The van der Waals surface area contributed by atoms with Crippen LogP contribution in [0.1, 0.15) is 35.2 Å². The van der Waals surface area contributed by atoms with Gasteiger partial charge in [-0.1, -0.05) is 30.3 Å². The third-order valence-corrected chi connectivity index (χ3v) is 8.59. The Morgan fingerprint density at radius 2 is 1.73 bits per heavy atom. The van der Waals surface area contributed by atoms with Gasteiger partial charge in [0.1, 0.15) is 6.04 Å². The van der Waals surface area contributed by atoms with Gasteiger partial charge in [-0.05, 0) is 66.9 Å². The van der Waals surface area contributed by atoms with E-state index < -0.39 is 39.3 Å². The lowest BCUT2D eigenvalue weighted by atomic mass is 9.93. The van der Waals surface area contributed by atoms with Crippen LogP contribution in [0.3, 0.4) is 0 Å². The van der Waals surface area contributed by atoms with Gasteiger partial charge in [0.05, 0.1) is 41.3 Å². The summed E-state index contributed by atoms with van der Waals surface area (Å²) >= 11 is 0. The molecule has 1 aromatic heterocycles. The number of aromatic nitrogens is 3. The van der Waals surface area contributed by atoms with Crippen LogP contribution >= 0.6 is 0 Å². The number of alkyl halides is 3. The number of ether oxygens (including phenoxy) is 1. The van der Waals surface area contributed by atoms with Crippen molar-refractivity contribution in [1.29, 1.82) is 5.26 Å². The van der Waals surface area contributed by atoms with Crippen LogP contribution in [0, 0.1) is 11.3 Å². The highest BCUT2D eigenvalue weighted by Gasteiger charge is 2.41. The minimum atomic E-state index is -4.66. The van der Waals surface area contributed by atoms with E-state index in [1.54, 1.807) is 24.3 Å². The molecule has 1 aliphatic rings. The lowest BCUT2D eigenvalue weighted by molar-refractivity contribution is -0.138. The summed E-state index contributed by atoms with van der Waals surface area (Å²) in [6.45, 7) is 1.56. The number of methoxy groups -OCH3 is 1. The lowest BCUT2D eigenvalue weighted by Crippen LogP contribution is -2.38. The van der Waals surface area contributed by atoms with Crippen molar-refractivity contribution in [2.45, 2.75) is 37.0 Å². The lowest BCUT2D eigenvalue weighted by Gasteiger charge is -2.35. The molecule has 1 aliphatic heterocycles. The van der Waals surface area contributed by atoms with E-state index >= 15 is 0 Å². The summed E-state index contributed by atoms with van der Waals surface area (Å²) in [5.41, 5.74) is 0.0921. The number of benzene rings is 3. The fraction of sp³-hybridized carbons (Fsp3) is 0.226. The molecule has 0 spiro atoms. The first-order valence-corrected chi connectivity index (χ1v) is 15.4. The van der Waals surface area contributed by atoms with E-state index in [-0.39, 0.29) is 40.8 Å². The molecule has 4 aromatic rings. The topological polar surface area (TPSA) is 127 Å². The predicted octanol–water partition coefficient (Wildman–Crippen LogP) is 4.77. The SMILES string of the molecule is COC(=O)C1=C(C)N(c2cccc(C(F)(F)F)c2)c2nn(CCc3ccc(S(C)(=O)=O)cc3)c(=O)n2[C@@H]1c1ccc(C#N)cc1. The average Bonchev–Trinajstić information content (AvgIpc) is 3.33. The maximum atomic E-state index is 14.0. The molecule has 0 saturated heterocycles.